The van der Waals surface area contributed by atoms with Gasteiger partial charge in [0.2, 0.25) is 5.91 Å². The average Bonchev–Trinajstić information content (AvgIpc) is 2.84. The Morgan fingerprint density at radius 3 is 2.90 bits per heavy atom. The maximum absolute atomic E-state index is 12.4. The molecule has 0 bridgehead atoms. The Labute approximate surface area is 124 Å². The van der Waals surface area contributed by atoms with Gasteiger partial charge in [-0.25, -0.2) is 4.79 Å². The van der Waals surface area contributed by atoms with Gasteiger partial charge in [-0.1, -0.05) is 20.3 Å². The summed E-state index contributed by atoms with van der Waals surface area (Å²) in [5.74, 6) is -1.37. The summed E-state index contributed by atoms with van der Waals surface area (Å²) in [4.78, 5) is 23.7. The van der Waals surface area contributed by atoms with E-state index in [0.29, 0.717) is 12.8 Å². The molecule has 1 aromatic heterocycles. The van der Waals surface area contributed by atoms with E-state index in [4.69, 9.17) is 0 Å². The third-order valence-electron chi connectivity index (χ3n) is 4.50. The Hall–Kier alpha value is -1.85. The van der Waals surface area contributed by atoms with Gasteiger partial charge in [-0.05, 0) is 24.3 Å². The van der Waals surface area contributed by atoms with E-state index in [1.54, 1.807) is 4.68 Å². The van der Waals surface area contributed by atoms with Gasteiger partial charge in [0.1, 0.15) is 6.04 Å². The van der Waals surface area contributed by atoms with Crippen LogP contribution in [0.5, 0.6) is 0 Å². The lowest BCUT2D eigenvalue weighted by molar-refractivity contribution is -0.144. The van der Waals surface area contributed by atoms with E-state index >= 15 is 0 Å². The topological polar surface area (TPSA) is 84.2 Å². The zero-order chi connectivity index (χ0) is 15.6. The van der Waals surface area contributed by atoms with Crippen LogP contribution in [-0.2, 0) is 29.5 Å². The summed E-state index contributed by atoms with van der Waals surface area (Å²) < 4.78 is 1.80. The van der Waals surface area contributed by atoms with Gasteiger partial charge >= 0.3 is 5.97 Å². The normalized spacial score (nSPS) is 20.4. The van der Waals surface area contributed by atoms with Crippen LogP contribution in [0.15, 0.2) is 6.20 Å². The van der Waals surface area contributed by atoms with Crippen molar-refractivity contribution in [3.8, 4) is 0 Å². The molecular weight excluding hydrogens is 270 g/mol. The fraction of sp³-hybridized carbons (Fsp3) is 0.667. The molecule has 6 nitrogen and oxygen atoms in total. The maximum atomic E-state index is 12.4. The smallest absolute Gasteiger partial charge is 0.326 e. The summed E-state index contributed by atoms with van der Waals surface area (Å²) in [6.07, 6.45) is 4.76. The quantitative estimate of drug-likeness (QED) is 0.852. The first-order valence-electron chi connectivity index (χ1n) is 7.47. The van der Waals surface area contributed by atoms with E-state index in [0.717, 1.165) is 18.5 Å². The zero-order valence-corrected chi connectivity index (χ0v) is 12.8. The molecule has 2 rings (SSSR count). The van der Waals surface area contributed by atoms with Crippen molar-refractivity contribution in [2.45, 2.75) is 45.6 Å². The molecule has 21 heavy (non-hydrogen) atoms. The molecule has 0 saturated carbocycles. The highest BCUT2D eigenvalue weighted by Gasteiger charge is 2.31. The van der Waals surface area contributed by atoms with Crippen LogP contribution < -0.4 is 5.32 Å². The summed E-state index contributed by atoms with van der Waals surface area (Å²) in [6.45, 7) is 3.77. The highest BCUT2D eigenvalue weighted by atomic mass is 16.4. The lowest BCUT2D eigenvalue weighted by Crippen LogP contribution is -2.48. The summed E-state index contributed by atoms with van der Waals surface area (Å²) >= 11 is 0. The van der Waals surface area contributed by atoms with E-state index in [9.17, 15) is 14.7 Å². The summed E-state index contributed by atoms with van der Waals surface area (Å²) in [5.41, 5.74) is 2.27. The monoisotopic (exact) mass is 293 g/mol. The average molecular weight is 293 g/mol. The number of carboxylic acid groups (broad SMARTS) is 1. The molecule has 1 unspecified atom stereocenters. The zero-order valence-electron chi connectivity index (χ0n) is 12.8. The Morgan fingerprint density at radius 1 is 1.57 bits per heavy atom. The van der Waals surface area contributed by atoms with Gasteiger partial charge in [-0.2, -0.15) is 5.10 Å². The van der Waals surface area contributed by atoms with Crippen molar-refractivity contribution in [1.29, 1.82) is 0 Å². The van der Waals surface area contributed by atoms with E-state index in [2.05, 4.69) is 10.4 Å². The second-order valence-electron chi connectivity index (χ2n) is 5.89. The molecule has 1 heterocycles. The number of carboxylic acids is 1. The Kier molecular flexibility index (Phi) is 4.65. The molecule has 1 aliphatic rings. The van der Waals surface area contributed by atoms with Crippen LogP contribution in [0.25, 0.3) is 0 Å². The van der Waals surface area contributed by atoms with E-state index in [1.807, 2.05) is 27.1 Å². The Morgan fingerprint density at radius 2 is 2.29 bits per heavy atom. The molecule has 0 saturated heterocycles. The number of carbonyl (C=O) groups excluding carboxylic acids is 1. The second-order valence-corrected chi connectivity index (χ2v) is 5.89. The fourth-order valence-corrected chi connectivity index (χ4v) is 2.82. The van der Waals surface area contributed by atoms with Crippen molar-refractivity contribution >= 4 is 11.9 Å². The second kappa shape index (κ2) is 6.28. The van der Waals surface area contributed by atoms with Gasteiger partial charge in [-0.3, -0.25) is 9.48 Å². The van der Waals surface area contributed by atoms with Crippen LogP contribution in [0.3, 0.4) is 0 Å². The highest BCUT2D eigenvalue weighted by Crippen LogP contribution is 2.25. The standard InChI is InChI=1S/C15H23N3O3/c1-4-9(2)13(15(20)21)17-14(19)10-5-6-11-8-16-18(3)12(11)7-10/h8-10,13H,4-7H2,1-3H3,(H,17,19)(H,20,21)/t9-,10?,13-/m0/s1. The maximum Gasteiger partial charge on any atom is 0.326 e. The predicted octanol–water partition coefficient (Wildman–Crippen LogP) is 1.14. The number of nitrogens with zero attached hydrogens (tertiary/aromatic N) is 2. The number of nitrogens with one attached hydrogen (secondary N) is 1. The fourth-order valence-electron chi connectivity index (χ4n) is 2.82. The van der Waals surface area contributed by atoms with Crippen LogP contribution in [0.1, 0.15) is 37.9 Å². The first kappa shape index (κ1) is 15.5. The lowest BCUT2D eigenvalue weighted by Gasteiger charge is -2.26. The van der Waals surface area contributed by atoms with Crippen molar-refractivity contribution < 1.29 is 14.7 Å². The molecular formula is C15H23N3O3. The molecule has 2 N–H and O–H groups in total. The van der Waals surface area contributed by atoms with Crippen LogP contribution in [-0.4, -0.2) is 32.8 Å². The van der Waals surface area contributed by atoms with E-state index in [-0.39, 0.29) is 17.7 Å². The molecule has 1 aliphatic carbocycles. The van der Waals surface area contributed by atoms with Crippen LogP contribution >= 0.6 is 0 Å². The largest absolute Gasteiger partial charge is 0.480 e. The molecule has 0 fully saturated rings. The van der Waals surface area contributed by atoms with Crippen LogP contribution in [0.2, 0.25) is 0 Å². The molecule has 6 heteroatoms. The molecule has 0 radical (unpaired) electrons. The number of hydrogen-bond acceptors (Lipinski definition) is 3. The Bertz CT molecular complexity index is 538. The van der Waals surface area contributed by atoms with Crippen LogP contribution in [0.4, 0.5) is 0 Å². The van der Waals surface area contributed by atoms with Gasteiger partial charge in [0, 0.05) is 25.1 Å². The van der Waals surface area contributed by atoms with Crippen molar-refractivity contribution in [3.05, 3.63) is 17.5 Å². The van der Waals surface area contributed by atoms with Crippen molar-refractivity contribution in [3.63, 3.8) is 0 Å². The van der Waals surface area contributed by atoms with E-state index < -0.39 is 12.0 Å². The Balaban J connectivity index is 2.04. The first-order chi connectivity index (χ1) is 9.93. The number of hydrogen-bond donors (Lipinski definition) is 2. The third kappa shape index (κ3) is 3.25. The van der Waals surface area contributed by atoms with Crippen LogP contribution in [0, 0.1) is 11.8 Å². The summed E-state index contributed by atoms with van der Waals surface area (Å²) in [7, 11) is 1.87. The minimum atomic E-state index is -0.963. The van der Waals surface area contributed by atoms with Crippen molar-refractivity contribution in [2.75, 3.05) is 0 Å². The van der Waals surface area contributed by atoms with Gasteiger partial charge < -0.3 is 10.4 Å². The third-order valence-corrected chi connectivity index (χ3v) is 4.50. The first-order valence-corrected chi connectivity index (χ1v) is 7.47. The molecule has 0 spiro atoms. The number of aromatic nitrogens is 2. The molecule has 0 aromatic carbocycles. The molecule has 0 aliphatic heterocycles. The van der Waals surface area contributed by atoms with Gasteiger partial charge in [0.25, 0.3) is 0 Å². The van der Waals surface area contributed by atoms with Crippen molar-refractivity contribution in [1.82, 2.24) is 15.1 Å². The van der Waals surface area contributed by atoms with E-state index in [1.165, 1.54) is 5.56 Å². The highest BCUT2D eigenvalue weighted by molar-refractivity contribution is 5.85. The minimum absolute atomic E-state index is 0.0812. The number of amides is 1. The number of aliphatic carboxylic acids is 1. The number of fused-ring (bicyclic) bond motifs is 1. The molecule has 3 atom stereocenters. The predicted molar refractivity (Wildman–Crippen MR) is 77.7 cm³/mol. The number of rotatable bonds is 5. The van der Waals surface area contributed by atoms with Crippen molar-refractivity contribution in [2.24, 2.45) is 18.9 Å². The summed E-state index contributed by atoms with van der Waals surface area (Å²) in [6, 6.07) is -0.810. The van der Waals surface area contributed by atoms with Gasteiger partial charge in [-0.15, -0.1) is 0 Å². The number of carbonyl (C=O) groups is 2. The van der Waals surface area contributed by atoms with Gasteiger partial charge in [0.15, 0.2) is 0 Å². The minimum Gasteiger partial charge on any atom is -0.480 e. The SMILES string of the molecule is CC[C@H](C)[C@H](NC(=O)C1CCc2cnn(C)c2C1)C(=O)O. The van der Waals surface area contributed by atoms with Gasteiger partial charge in [0.05, 0.1) is 6.20 Å². The molecule has 116 valence electrons. The molecule has 1 amide bonds. The molecule has 1 aromatic rings. The number of aryl methyl sites for hydroxylation is 2. The lowest BCUT2D eigenvalue weighted by atomic mass is 9.86. The summed E-state index contributed by atoms with van der Waals surface area (Å²) in [5, 5.41) is 16.2.